The van der Waals surface area contributed by atoms with E-state index in [9.17, 15) is 0 Å². The average molecular weight is 261 g/mol. The number of imidazole rings is 1. The van der Waals surface area contributed by atoms with Gasteiger partial charge in [0.2, 0.25) is 5.95 Å². The van der Waals surface area contributed by atoms with Crippen LogP contribution in [0.15, 0.2) is 54.9 Å². The summed E-state index contributed by atoms with van der Waals surface area (Å²) in [4.78, 5) is 4.30. The summed E-state index contributed by atoms with van der Waals surface area (Å²) in [5, 5.41) is 3.11. The Balaban J connectivity index is 1.83. The minimum atomic E-state index is 0.862. The summed E-state index contributed by atoms with van der Waals surface area (Å²) in [5.74, 6) is 0.862. The number of rotatable bonds is 2. The highest BCUT2D eigenvalue weighted by atomic mass is 15.2. The van der Waals surface area contributed by atoms with Gasteiger partial charge in [0.25, 0.3) is 0 Å². The quantitative estimate of drug-likeness (QED) is 0.598. The van der Waals surface area contributed by atoms with Crippen LogP contribution in [0.2, 0.25) is 0 Å². The lowest BCUT2D eigenvalue weighted by atomic mass is 10.1. The Morgan fingerprint density at radius 3 is 2.80 bits per heavy atom. The second kappa shape index (κ2) is 4.23. The van der Waals surface area contributed by atoms with Crippen molar-refractivity contribution in [1.82, 2.24) is 9.55 Å². The normalized spacial score (nSPS) is 12.1. The van der Waals surface area contributed by atoms with Gasteiger partial charge in [-0.3, -0.25) is 4.57 Å². The predicted octanol–water partition coefficient (Wildman–Crippen LogP) is 3.49. The second-order valence-electron chi connectivity index (χ2n) is 5.05. The predicted molar refractivity (Wildman–Crippen MR) is 81.4 cm³/mol. The van der Waals surface area contributed by atoms with Gasteiger partial charge in [-0.25, -0.2) is 4.98 Å². The second-order valence-corrected chi connectivity index (χ2v) is 5.05. The molecule has 0 atom stereocenters. The molecular weight excluding hydrogens is 246 g/mol. The summed E-state index contributed by atoms with van der Waals surface area (Å²) < 4.78 is 2.07. The zero-order valence-corrected chi connectivity index (χ0v) is 11.3. The van der Waals surface area contributed by atoms with E-state index in [0.29, 0.717) is 0 Å². The molecule has 20 heavy (non-hydrogen) atoms. The lowest BCUT2D eigenvalue weighted by Crippen LogP contribution is -2.01. The molecule has 3 nitrogen and oxygen atoms in total. The SMILES string of the molecule is CNc1nccn1-c1ccc2c(c1)Cc1ccccc1-2. The summed E-state index contributed by atoms with van der Waals surface area (Å²) in [6.07, 6.45) is 4.81. The first kappa shape index (κ1) is 11.3. The summed E-state index contributed by atoms with van der Waals surface area (Å²) in [5.41, 5.74) is 6.68. The van der Waals surface area contributed by atoms with Crippen molar-refractivity contribution in [2.75, 3.05) is 12.4 Å². The molecule has 0 aliphatic heterocycles. The van der Waals surface area contributed by atoms with Crippen LogP contribution >= 0.6 is 0 Å². The van der Waals surface area contributed by atoms with Gasteiger partial charge in [-0.2, -0.15) is 0 Å². The third kappa shape index (κ3) is 1.56. The van der Waals surface area contributed by atoms with Gasteiger partial charge in [0, 0.05) is 25.1 Å². The molecule has 0 saturated heterocycles. The highest BCUT2D eigenvalue weighted by Crippen LogP contribution is 2.37. The maximum Gasteiger partial charge on any atom is 0.207 e. The number of hydrogen-bond acceptors (Lipinski definition) is 2. The highest BCUT2D eigenvalue weighted by molar-refractivity contribution is 5.77. The molecule has 0 amide bonds. The minimum absolute atomic E-state index is 0.862. The third-order valence-corrected chi connectivity index (χ3v) is 3.92. The molecule has 1 aliphatic rings. The van der Waals surface area contributed by atoms with E-state index in [2.05, 4.69) is 57.3 Å². The lowest BCUT2D eigenvalue weighted by Gasteiger charge is -2.09. The van der Waals surface area contributed by atoms with Gasteiger partial charge in [-0.15, -0.1) is 0 Å². The Hall–Kier alpha value is -2.55. The van der Waals surface area contributed by atoms with Crippen molar-refractivity contribution in [3.05, 3.63) is 66.0 Å². The molecule has 0 spiro atoms. The number of hydrogen-bond donors (Lipinski definition) is 1. The third-order valence-electron chi connectivity index (χ3n) is 3.92. The smallest absolute Gasteiger partial charge is 0.207 e. The van der Waals surface area contributed by atoms with Crippen molar-refractivity contribution >= 4 is 5.95 Å². The van der Waals surface area contributed by atoms with Crippen molar-refractivity contribution in [1.29, 1.82) is 0 Å². The molecule has 0 fully saturated rings. The molecule has 0 unspecified atom stereocenters. The largest absolute Gasteiger partial charge is 0.358 e. The molecule has 0 saturated carbocycles. The molecule has 3 heteroatoms. The zero-order chi connectivity index (χ0) is 13.5. The van der Waals surface area contributed by atoms with Crippen LogP contribution in [0.3, 0.4) is 0 Å². The van der Waals surface area contributed by atoms with Crippen molar-refractivity contribution in [3.63, 3.8) is 0 Å². The molecule has 2 aromatic carbocycles. The number of benzene rings is 2. The Morgan fingerprint density at radius 2 is 1.90 bits per heavy atom. The summed E-state index contributed by atoms with van der Waals surface area (Å²) >= 11 is 0. The Bertz CT molecular complexity index is 786. The fourth-order valence-electron chi connectivity index (χ4n) is 2.98. The average Bonchev–Trinajstić information content (AvgIpc) is 3.10. The molecule has 0 bridgehead atoms. The first-order valence-corrected chi connectivity index (χ1v) is 6.79. The molecule has 0 radical (unpaired) electrons. The standard InChI is InChI=1S/C17H15N3/c1-18-17-19-8-9-20(17)14-6-7-16-13(11-14)10-12-4-2-3-5-15(12)16/h2-9,11H,10H2,1H3,(H,18,19). The van der Waals surface area contributed by atoms with E-state index in [4.69, 9.17) is 0 Å². The Kier molecular flexibility index (Phi) is 2.39. The fourth-order valence-corrected chi connectivity index (χ4v) is 2.98. The van der Waals surface area contributed by atoms with Crippen LogP contribution in [0.1, 0.15) is 11.1 Å². The first-order chi connectivity index (χ1) is 9.86. The van der Waals surface area contributed by atoms with Crippen LogP contribution < -0.4 is 5.32 Å². The van der Waals surface area contributed by atoms with E-state index in [-0.39, 0.29) is 0 Å². The van der Waals surface area contributed by atoms with Crippen LogP contribution in [0.5, 0.6) is 0 Å². The van der Waals surface area contributed by atoms with E-state index in [0.717, 1.165) is 18.1 Å². The summed E-state index contributed by atoms with van der Waals surface area (Å²) in [7, 11) is 1.89. The topological polar surface area (TPSA) is 29.9 Å². The Labute approximate surface area is 117 Å². The monoisotopic (exact) mass is 261 g/mol. The van der Waals surface area contributed by atoms with Gasteiger partial charge in [-0.05, 0) is 40.8 Å². The maximum atomic E-state index is 4.30. The van der Waals surface area contributed by atoms with Gasteiger partial charge >= 0.3 is 0 Å². The first-order valence-electron chi connectivity index (χ1n) is 6.79. The molecular formula is C17H15N3. The van der Waals surface area contributed by atoms with Crippen molar-refractivity contribution in [3.8, 4) is 16.8 Å². The fraction of sp³-hybridized carbons (Fsp3) is 0.118. The maximum absolute atomic E-state index is 4.30. The van der Waals surface area contributed by atoms with Crippen LogP contribution in [0, 0.1) is 0 Å². The molecule has 1 N–H and O–H groups in total. The van der Waals surface area contributed by atoms with E-state index >= 15 is 0 Å². The van der Waals surface area contributed by atoms with Gasteiger partial charge in [-0.1, -0.05) is 30.3 Å². The number of aromatic nitrogens is 2. The highest BCUT2D eigenvalue weighted by Gasteiger charge is 2.18. The number of anilines is 1. The van der Waals surface area contributed by atoms with Crippen LogP contribution in [0.4, 0.5) is 5.95 Å². The number of nitrogens with one attached hydrogen (secondary N) is 1. The molecule has 4 rings (SSSR count). The molecule has 1 aromatic heterocycles. The van der Waals surface area contributed by atoms with E-state index < -0.39 is 0 Å². The lowest BCUT2D eigenvalue weighted by molar-refractivity contribution is 1.05. The van der Waals surface area contributed by atoms with Crippen molar-refractivity contribution in [2.45, 2.75) is 6.42 Å². The molecule has 1 aliphatic carbocycles. The minimum Gasteiger partial charge on any atom is -0.358 e. The molecule has 1 heterocycles. The van der Waals surface area contributed by atoms with Crippen LogP contribution in [-0.4, -0.2) is 16.6 Å². The van der Waals surface area contributed by atoms with E-state index in [1.54, 1.807) is 0 Å². The summed E-state index contributed by atoms with van der Waals surface area (Å²) in [6.45, 7) is 0. The number of fused-ring (bicyclic) bond motifs is 3. The van der Waals surface area contributed by atoms with Gasteiger partial charge in [0.05, 0.1) is 0 Å². The van der Waals surface area contributed by atoms with Crippen LogP contribution in [-0.2, 0) is 6.42 Å². The van der Waals surface area contributed by atoms with Crippen molar-refractivity contribution in [2.24, 2.45) is 0 Å². The van der Waals surface area contributed by atoms with Crippen molar-refractivity contribution < 1.29 is 0 Å². The van der Waals surface area contributed by atoms with Crippen LogP contribution in [0.25, 0.3) is 16.8 Å². The van der Waals surface area contributed by atoms with E-state index in [1.165, 1.54) is 22.3 Å². The number of nitrogens with zero attached hydrogens (tertiary/aromatic N) is 2. The van der Waals surface area contributed by atoms with Gasteiger partial charge in [0.1, 0.15) is 0 Å². The van der Waals surface area contributed by atoms with E-state index in [1.807, 2.05) is 19.4 Å². The van der Waals surface area contributed by atoms with Gasteiger partial charge in [0.15, 0.2) is 0 Å². The summed E-state index contributed by atoms with van der Waals surface area (Å²) in [6, 6.07) is 15.3. The Morgan fingerprint density at radius 1 is 1.05 bits per heavy atom. The zero-order valence-electron chi connectivity index (χ0n) is 11.3. The van der Waals surface area contributed by atoms with Gasteiger partial charge < -0.3 is 5.32 Å². The molecule has 98 valence electrons. The molecule has 3 aromatic rings.